The number of benzene rings is 1. The molecule has 1 aliphatic rings. The van der Waals surface area contributed by atoms with Crippen molar-refractivity contribution in [2.45, 2.75) is 78.7 Å². The summed E-state index contributed by atoms with van der Waals surface area (Å²) < 4.78 is 11.8. The third kappa shape index (κ3) is 4.41. The molecule has 2 aromatic heterocycles. The summed E-state index contributed by atoms with van der Waals surface area (Å²) in [6.45, 7) is 7.60. The van der Waals surface area contributed by atoms with Gasteiger partial charge in [-0.1, -0.05) is 13.8 Å². The molecule has 0 spiro atoms. The Morgan fingerprint density at radius 3 is 2.45 bits per heavy atom. The van der Waals surface area contributed by atoms with Gasteiger partial charge in [0.1, 0.15) is 23.0 Å². The smallest absolute Gasteiger partial charge is 0.339 e. The highest BCUT2D eigenvalue weighted by molar-refractivity contribution is 6.00. The van der Waals surface area contributed by atoms with Gasteiger partial charge in [0.25, 0.3) is 0 Å². The van der Waals surface area contributed by atoms with Crippen LogP contribution in [0.2, 0.25) is 0 Å². The molecule has 2 N–H and O–H groups in total. The molecule has 2 heterocycles. The number of nitrogens with one attached hydrogen (secondary N) is 1. The Bertz CT molecular complexity index is 1300. The van der Waals surface area contributed by atoms with Gasteiger partial charge in [-0.05, 0) is 63.5 Å². The minimum absolute atomic E-state index is 0.0152. The summed E-state index contributed by atoms with van der Waals surface area (Å²) >= 11 is 0. The van der Waals surface area contributed by atoms with E-state index in [-0.39, 0.29) is 18.8 Å². The quantitative estimate of drug-likeness (QED) is 0.507. The summed E-state index contributed by atoms with van der Waals surface area (Å²) in [6, 6.07) is 1.12. The number of furan rings is 1. The van der Waals surface area contributed by atoms with Crippen molar-refractivity contribution >= 4 is 33.8 Å². The molecule has 7 heteroatoms. The van der Waals surface area contributed by atoms with Gasteiger partial charge >= 0.3 is 11.6 Å². The maximum atomic E-state index is 12.8. The van der Waals surface area contributed by atoms with E-state index < -0.39 is 23.5 Å². The molecule has 1 atom stereocenters. The lowest BCUT2D eigenvalue weighted by Gasteiger charge is -2.16. The summed E-state index contributed by atoms with van der Waals surface area (Å²) in [5.74, 6) is -0.283. The Morgan fingerprint density at radius 1 is 1.06 bits per heavy atom. The SMILES string of the molecule is Cc1c(CCC(=O)N[C@H](CC(C)C)C(=O)O)c(=O)oc2c(C)c3oc4c(c3cc12)CCCC4. The number of aliphatic carboxylic acids is 1. The van der Waals surface area contributed by atoms with Crippen molar-refractivity contribution in [2.24, 2.45) is 5.92 Å². The fourth-order valence-corrected chi connectivity index (χ4v) is 4.90. The van der Waals surface area contributed by atoms with Crippen molar-refractivity contribution in [1.29, 1.82) is 0 Å². The van der Waals surface area contributed by atoms with Crippen LogP contribution in [0.1, 0.15) is 67.5 Å². The lowest BCUT2D eigenvalue weighted by Crippen LogP contribution is -2.41. The van der Waals surface area contributed by atoms with Crippen LogP contribution in [-0.4, -0.2) is 23.0 Å². The predicted octanol–water partition coefficient (Wildman–Crippen LogP) is 4.58. The molecule has 176 valence electrons. The Kier molecular flexibility index (Phi) is 6.32. The number of carboxylic acid groups (broad SMARTS) is 1. The van der Waals surface area contributed by atoms with Crippen LogP contribution in [0.3, 0.4) is 0 Å². The van der Waals surface area contributed by atoms with Crippen molar-refractivity contribution in [1.82, 2.24) is 5.32 Å². The largest absolute Gasteiger partial charge is 0.480 e. The van der Waals surface area contributed by atoms with E-state index in [1.807, 2.05) is 27.7 Å². The Balaban J connectivity index is 1.64. The average molecular weight is 454 g/mol. The van der Waals surface area contributed by atoms with Crippen LogP contribution in [0.15, 0.2) is 19.7 Å². The highest BCUT2D eigenvalue weighted by Gasteiger charge is 2.24. The highest BCUT2D eigenvalue weighted by atomic mass is 16.4. The van der Waals surface area contributed by atoms with Gasteiger partial charge < -0.3 is 19.3 Å². The standard InChI is InChI=1S/C26H31NO6/c1-13(2)11-20(25(29)30)27-22(28)10-9-16-14(3)18-12-19-17-7-5-6-8-21(17)32-24(19)15(4)23(18)33-26(16)31/h12-13,20H,5-11H2,1-4H3,(H,27,28)(H,29,30)/t20-/m1/s1. The van der Waals surface area contributed by atoms with E-state index in [0.29, 0.717) is 17.6 Å². The van der Waals surface area contributed by atoms with Crippen molar-refractivity contribution in [3.05, 3.63) is 44.5 Å². The van der Waals surface area contributed by atoms with Crippen molar-refractivity contribution in [3.8, 4) is 0 Å². The minimum atomic E-state index is -1.05. The minimum Gasteiger partial charge on any atom is -0.480 e. The summed E-state index contributed by atoms with van der Waals surface area (Å²) in [7, 11) is 0. The fourth-order valence-electron chi connectivity index (χ4n) is 4.90. The summed E-state index contributed by atoms with van der Waals surface area (Å²) in [6.07, 6.45) is 4.71. The molecule has 1 amide bonds. The monoisotopic (exact) mass is 453 g/mol. The van der Waals surface area contributed by atoms with Crippen molar-refractivity contribution < 1.29 is 23.5 Å². The number of aryl methyl sites for hydroxylation is 4. The highest BCUT2D eigenvalue weighted by Crippen LogP contribution is 2.37. The number of hydrogen-bond acceptors (Lipinski definition) is 5. The topological polar surface area (TPSA) is 110 Å². The molecular formula is C26H31NO6. The van der Waals surface area contributed by atoms with E-state index in [1.54, 1.807) is 0 Å². The van der Waals surface area contributed by atoms with Crippen LogP contribution in [0.4, 0.5) is 0 Å². The molecule has 7 nitrogen and oxygen atoms in total. The number of hydrogen-bond donors (Lipinski definition) is 2. The van der Waals surface area contributed by atoms with Crippen molar-refractivity contribution in [3.63, 3.8) is 0 Å². The van der Waals surface area contributed by atoms with Crippen LogP contribution < -0.4 is 10.9 Å². The second-order valence-corrected chi connectivity index (χ2v) is 9.55. The van der Waals surface area contributed by atoms with E-state index in [9.17, 15) is 19.5 Å². The average Bonchev–Trinajstić information content (AvgIpc) is 3.13. The van der Waals surface area contributed by atoms with Crippen LogP contribution >= 0.6 is 0 Å². The lowest BCUT2D eigenvalue weighted by molar-refractivity contribution is -0.142. The summed E-state index contributed by atoms with van der Waals surface area (Å²) in [4.78, 5) is 36.7. The molecule has 0 fully saturated rings. The number of fused-ring (bicyclic) bond motifs is 4. The normalized spacial score (nSPS) is 14.6. The van der Waals surface area contributed by atoms with E-state index in [1.165, 1.54) is 5.56 Å². The second-order valence-electron chi connectivity index (χ2n) is 9.55. The zero-order valence-corrected chi connectivity index (χ0v) is 19.7. The van der Waals surface area contributed by atoms with E-state index in [4.69, 9.17) is 8.83 Å². The van der Waals surface area contributed by atoms with Gasteiger partial charge in [0.05, 0.1) is 0 Å². The molecule has 0 aliphatic heterocycles. The van der Waals surface area contributed by atoms with Gasteiger partial charge in [0.15, 0.2) is 0 Å². The molecule has 0 unspecified atom stereocenters. The molecule has 1 aromatic carbocycles. The Hall–Kier alpha value is -3.09. The molecule has 4 rings (SSSR count). The molecule has 0 saturated carbocycles. The molecule has 0 radical (unpaired) electrons. The zero-order chi connectivity index (χ0) is 23.9. The third-order valence-corrected chi connectivity index (χ3v) is 6.67. The van der Waals surface area contributed by atoms with Crippen LogP contribution in [0.5, 0.6) is 0 Å². The first-order valence-corrected chi connectivity index (χ1v) is 11.7. The first kappa shape index (κ1) is 23.1. The van der Waals surface area contributed by atoms with Gasteiger partial charge in [-0.25, -0.2) is 9.59 Å². The number of carbonyl (C=O) groups excluding carboxylic acids is 1. The van der Waals surface area contributed by atoms with Gasteiger partial charge in [-0.3, -0.25) is 4.79 Å². The number of rotatable bonds is 7. The van der Waals surface area contributed by atoms with Crippen LogP contribution in [0.25, 0.3) is 21.9 Å². The maximum Gasteiger partial charge on any atom is 0.339 e. The molecule has 3 aromatic rings. The fraction of sp³-hybridized carbons (Fsp3) is 0.500. The predicted molar refractivity (Wildman–Crippen MR) is 126 cm³/mol. The maximum absolute atomic E-state index is 12.8. The molecule has 33 heavy (non-hydrogen) atoms. The zero-order valence-electron chi connectivity index (χ0n) is 19.7. The van der Waals surface area contributed by atoms with Gasteiger partial charge in [0, 0.05) is 40.3 Å². The number of carboxylic acids is 1. The van der Waals surface area contributed by atoms with Crippen LogP contribution in [-0.2, 0) is 28.9 Å². The number of carbonyl (C=O) groups is 2. The summed E-state index contributed by atoms with van der Waals surface area (Å²) in [5, 5.41) is 13.9. The second kappa shape index (κ2) is 9.04. The van der Waals surface area contributed by atoms with Gasteiger partial charge in [-0.15, -0.1) is 0 Å². The Labute approximate surface area is 192 Å². The van der Waals surface area contributed by atoms with E-state index in [2.05, 4.69) is 11.4 Å². The number of amides is 1. The van der Waals surface area contributed by atoms with E-state index >= 15 is 0 Å². The third-order valence-electron chi connectivity index (χ3n) is 6.67. The van der Waals surface area contributed by atoms with Crippen molar-refractivity contribution in [2.75, 3.05) is 0 Å². The Morgan fingerprint density at radius 2 is 1.76 bits per heavy atom. The van der Waals surface area contributed by atoms with Crippen LogP contribution in [0, 0.1) is 19.8 Å². The molecular weight excluding hydrogens is 422 g/mol. The van der Waals surface area contributed by atoms with Gasteiger partial charge in [-0.2, -0.15) is 0 Å². The first-order valence-electron chi connectivity index (χ1n) is 11.7. The lowest BCUT2D eigenvalue weighted by atomic mass is 9.93. The van der Waals surface area contributed by atoms with E-state index in [0.717, 1.165) is 58.9 Å². The summed E-state index contributed by atoms with van der Waals surface area (Å²) in [5.41, 5.74) is 4.15. The molecule has 1 aliphatic carbocycles. The molecule has 0 bridgehead atoms. The molecule has 0 saturated heterocycles. The van der Waals surface area contributed by atoms with Gasteiger partial charge in [0.2, 0.25) is 5.91 Å². The first-order chi connectivity index (χ1) is 15.7.